The second-order valence-corrected chi connectivity index (χ2v) is 6.39. The molecule has 1 rings (SSSR count). The summed E-state index contributed by atoms with van der Waals surface area (Å²) in [4.78, 5) is 22.2. The molecule has 0 aliphatic carbocycles. The molecule has 0 spiro atoms. The van der Waals surface area contributed by atoms with Crippen LogP contribution in [0.15, 0.2) is 18.7 Å². The Morgan fingerprint density at radius 3 is 1.84 bits per heavy atom. The van der Waals surface area contributed by atoms with Crippen LogP contribution in [0, 0.1) is 0 Å². The van der Waals surface area contributed by atoms with E-state index in [0.29, 0.717) is 6.42 Å². The lowest BCUT2D eigenvalue weighted by atomic mass is 10.2. The van der Waals surface area contributed by atoms with E-state index in [9.17, 15) is 4.79 Å². The van der Waals surface area contributed by atoms with E-state index in [1.807, 2.05) is 6.92 Å². The molecule has 0 aromatic carbocycles. The van der Waals surface area contributed by atoms with E-state index in [1.54, 1.807) is 12.4 Å². The van der Waals surface area contributed by atoms with Crippen LogP contribution in [-0.4, -0.2) is 40.2 Å². The topological polar surface area (TPSA) is 47.4 Å². The Labute approximate surface area is 154 Å². The second kappa shape index (κ2) is 17.5. The first-order valence-corrected chi connectivity index (χ1v) is 10.1. The quantitative estimate of drug-likeness (QED) is 0.515. The normalized spacial score (nSPS) is 10.4. The third kappa shape index (κ3) is 14.7. The van der Waals surface area contributed by atoms with Crippen LogP contribution in [0.5, 0.6) is 0 Å². The summed E-state index contributed by atoms with van der Waals surface area (Å²) < 4.78 is 1.30. The van der Waals surface area contributed by atoms with Crippen molar-refractivity contribution in [3.8, 4) is 0 Å². The van der Waals surface area contributed by atoms with Gasteiger partial charge in [-0.3, -0.25) is 0 Å². The van der Waals surface area contributed by atoms with Gasteiger partial charge in [0.2, 0.25) is 0 Å². The van der Waals surface area contributed by atoms with Crippen LogP contribution < -0.4 is 4.84 Å². The first-order chi connectivity index (χ1) is 12.2. The van der Waals surface area contributed by atoms with Gasteiger partial charge in [0.05, 0.1) is 6.20 Å². The van der Waals surface area contributed by atoms with E-state index in [-0.39, 0.29) is 5.97 Å². The first kappa shape index (κ1) is 23.6. The van der Waals surface area contributed by atoms with Gasteiger partial charge in [-0.05, 0) is 45.3 Å². The van der Waals surface area contributed by atoms with Crippen molar-refractivity contribution < 1.29 is 9.63 Å². The lowest BCUT2D eigenvalue weighted by Gasteiger charge is -2.21. The summed E-state index contributed by atoms with van der Waals surface area (Å²) >= 11 is 0. The highest BCUT2D eigenvalue weighted by atomic mass is 16.7. The lowest BCUT2D eigenvalue weighted by molar-refractivity contribution is -0.144. The van der Waals surface area contributed by atoms with Crippen LogP contribution in [0.2, 0.25) is 0 Å². The zero-order valence-corrected chi connectivity index (χ0v) is 16.9. The number of aromatic nitrogens is 2. The molecule has 0 aliphatic rings. The summed E-state index contributed by atoms with van der Waals surface area (Å²) in [5.74, 6) is -0.213. The molecule has 1 aromatic heterocycles. The van der Waals surface area contributed by atoms with E-state index in [4.69, 9.17) is 4.84 Å². The van der Waals surface area contributed by atoms with Crippen molar-refractivity contribution in [2.75, 3.05) is 19.6 Å². The largest absolute Gasteiger partial charge is 0.336 e. The fourth-order valence-electron chi connectivity index (χ4n) is 2.27. The van der Waals surface area contributed by atoms with Crippen molar-refractivity contribution in [3.05, 3.63) is 18.7 Å². The predicted molar refractivity (Wildman–Crippen MR) is 105 cm³/mol. The Hall–Kier alpha value is -1.36. The summed E-state index contributed by atoms with van der Waals surface area (Å²) in [5.41, 5.74) is 0. The predicted octanol–water partition coefficient (Wildman–Crippen LogP) is 4.72. The number of rotatable bonds is 13. The highest BCUT2D eigenvalue weighted by molar-refractivity contribution is 5.69. The van der Waals surface area contributed by atoms with Crippen molar-refractivity contribution in [1.29, 1.82) is 0 Å². The lowest BCUT2D eigenvalue weighted by Crippen LogP contribution is -2.27. The molecule has 0 fully saturated rings. The van der Waals surface area contributed by atoms with Crippen LogP contribution in [-0.2, 0) is 4.79 Å². The molecule has 0 amide bonds. The van der Waals surface area contributed by atoms with Gasteiger partial charge in [0, 0.05) is 12.6 Å². The van der Waals surface area contributed by atoms with E-state index >= 15 is 0 Å². The average Bonchev–Trinajstić information content (AvgIpc) is 3.13. The van der Waals surface area contributed by atoms with Crippen molar-refractivity contribution in [2.24, 2.45) is 0 Å². The maximum Gasteiger partial charge on any atom is 0.332 e. The molecular weight excluding hydrogens is 314 g/mol. The smallest absolute Gasteiger partial charge is 0.332 e. The van der Waals surface area contributed by atoms with Gasteiger partial charge in [0.1, 0.15) is 6.33 Å². The minimum absolute atomic E-state index is 0.213. The van der Waals surface area contributed by atoms with Gasteiger partial charge in [-0.15, -0.1) is 0 Å². The highest BCUT2D eigenvalue weighted by Gasteiger charge is 2.02. The average molecular weight is 354 g/mol. The first-order valence-electron chi connectivity index (χ1n) is 10.1. The van der Waals surface area contributed by atoms with Gasteiger partial charge >= 0.3 is 5.97 Å². The third-order valence-electron chi connectivity index (χ3n) is 3.91. The molecule has 0 bridgehead atoms. The maximum absolute atomic E-state index is 11.0. The Bertz CT molecular complexity index is 375. The SMILES string of the molecule is CCCCC(=O)On1ccnc1.CCCCN(CCCC)CCCC. The van der Waals surface area contributed by atoms with Gasteiger partial charge in [-0.2, -0.15) is 4.73 Å². The minimum atomic E-state index is -0.213. The summed E-state index contributed by atoms with van der Waals surface area (Å²) in [5, 5.41) is 0. The Balaban J connectivity index is 0.000000462. The number of carbonyl (C=O) groups is 1. The third-order valence-corrected chi connectivity index (χ3v) is 3.91. The number of hydrogen-bond donors (Lipinski definition) is 0. The monoisotopic (exact) mass is 353 g/mol. The molecule has 0 unspecified atom stereocenters. The Kier molecular flexibility index (Phi) is 16.5. The molecule has 0 atom stereocenters. The van der Waals surface area contributed by atoms with E-state index < -0.39 is 0 Å². The van der Waals surface area contributed by atoms with Crippen LogP contribution in [0.3, 0.4) is 0 Å². The van der Waals surface area contributed by atoms with Crippen molar-refractivity contribution in [1.82, 2.24) is 14.6 Å². The summed E-state index contributed by atoms with van der Waals surface area (Å²) in [6, 6.07) is 0. The zero-order chi connectivity index (χ0) is 18.8. The minimum Gasteiger partial charge on any atom is -0.336 e. The summed E-state index contributed by atoms with van der Waals surface area (Å²) in [7, 11) is 0. The number of imidazole rings is 1. The van der Waals surface area contributed by atoms with Crippen LogP contribution in [0.25, 0.3) is 0 Å². The van der Waals surface area contributed by atoms with Crippen LogP contribution in [0.4, 0.5) is 0 Å². The van der Waals surface area contributed by atoms with E-state index in [0.717, 1.165) is 12.8 Å². The molecule has 1 heterocycles. The van der Waals surface area contributed by atoms with Gasteiger partial charge in [-0.1, -0.05) is 53.4 Å². The molecule has 0 N–H and O–H groups in total. The van der Waals surface area contributed by atoms with Gasteiger partial charge in [-0.25, -0.2) is 9.78 Å². The van der Waals surface area contributed by atoms with Crippen LogP contribution in [0.1, 0.15) is 85.5 Å². The van der Waals surface area contributed by atoms with Gasteiger partial charge < -0.3 is 9.74 Å². The summed E-state index contributed by atoms with van der Waals surface area (Å²) in [6.45, 7) is 12.8. The molecule has 5 nitrogen and oxygen atoms in total. The fraction of sp³-hybridized carbons (Fsp3) is 0.800. The molecule has 0 saturated carbocycles. The fourth-order valence-corrected chi connectivity index (χ4v) is 2.27. The molecular formula is C20H39N3O2. The van der Waals surface area contributed by atoms with E-state index in [1.165, 1.54) is 69.2 Å². The molecule has 1 aromatic rings. The van der Waals surface area contributed by atoms with Gasteiger partial charge in [0.15, 0.2) is 0 Å². The van der Waals surface area contributed by atoms with Crippen LogP contribution >= 0.6 is 0 Å². The molecule has 0 saturated heterocycles. The Morgan fingerprint density at radius 1 is 0.920 bits per heavy atom. The van der Waals surface area contributed by atoms with E-state index in [2.05, 4.69) is 30.7 Å². The number of unbranched alkanes of at least 4 members (excludes halogenated alkanes) is 4. The molecule has 146 valence electrons. The van der Waals surface area contributed by atoms with Crippen molar-refractivity contribution in [2.45, 2.75) is 85.5 Å². The molecule has 25 heavy (non-hydrogen) atoms. The van der Waals surface area contributed by atoms with Gasteiger partial charge in [0.25, 0.3) is 0 Å². The van der Waals surface area contributed by atoms with Crippen molar-refractivity contribution >= 4 is 5.97 Å². The number of carbonyl (C=O) groups excluding carboxylic acids is 1. The second-order valence-electron chi connectivity index (χ2n) is 6.39. The molecule has 5 heteroatoms. The number of nitrogens with zero attached hydrogens (tertiary/aromatic N) is 3. The highest BCUT2D eigenvalue weighted by Crippen LogP contribution is 2.01. The maximum atomic E-state index is 11.0. The standard InChI is InChI=1S/C12H27N.C8H12N2O2/c1-4-7-10-13(11-8-5-2)12-9-6-3;1-2-3-4-8(11)12-10-6-5-9-7-10/h4-12H2,1-3H3;5-7H,2-4H2,1H3. The number of hydrogen-bond acceptors (Lipinski definition) is 4. The Morgan fingerprint density at radius 2 is 1.44 bits per heavy atom. The zero-order valence-electron chi connectivity index (χ0n) is 16.9. The summed E-state index contributed by atoms with van der Waals surface area (Å²) in [6.07, 6.45) is 15.0. The molecule has 0 radical (unpaired) electrons. The van der Waals surface area contributed by atoms with Crippen molar-refractivity contribution in [3.63, 3.8) is 0 Å². The molecule has 0 aliphatic heterocycles.